The Labute approximate surface area is 136 Å². The number of rotatable bonds is 5. The van der Waals surface area contributed by atoms with E-state index in [9.17, 15) is 4.79 Å². The van der Waals surface area contributed by atoms with Crippen LogP contribution in [-0.4, -0.2) is 32.3 Å². The summed E-state index contributed by atoms with van der Waals surface area (Å²) in [5, 5.41) is 7.28. The van der Waals surface area contributed by atoms with E-state index in [4.69, 9.17) is 16.3 Å². The summed E-state index contributed by atoms with van der Waals surface area (Å²) in [7, 11) is 0. The molecule has 0 aliphatic rings. The number of amides is 1. The van der Waals surface area contributed by atoms with E-state index in [2.05, 4.69) is 20.4 Å². The van der Waals surface area contributed by atoms with Gasteiger partial charge in [0.2, 0.25) is 0 Å². The Morgan fingerprint density at radius 3 is 2.61 bits per heavy atom. The van der Waals surface area contributed by atoms with Crippen molar-refractivity contribution in [3.63, 3.8) is 0 Å². The second-order valence-electron chi connectivity index (χ2n) is 4.51. The van der Waals surface area contributed by atoms with Crippen molar-refractivity contribution in [3.05, 3.63) is 60.1 Å². The minimum Gasteiger partial charge on any atom is -0.484 e. The van der Waals surface area contributed by atoms with Crippen LogP contribution in [0.15, 0.2) is 55.1 Å². The van der Waals surface area contributed by atoms with Crippen molar-refractivity contribution in [1.29, 1.82) is 0 Å². The van der Waals surface area contributed by atoms with Crippen molar-refractivity contribution in [2.45, 2.75) is 0 Å². The molecule has 3 rings (SSSR count). The number of nitrogens with zero attached hydrogens (tertiary/aromatic N) is 4. The molecule has 0 saturated heterocycles. The molecule has 0 atom stereocenters. The van der Waals surface area contributed by atoms with E-state index in [0.717, 1.165) is 0 Å². The molecule has 8 heteroatoms. The zero-order valence-corrected chi connectivity index (χ0v) is 12.6. The summed E-state index contributed by atoms with van der Waals surface area (Å²) in [4.78, 5) is 20.1. The van der Waals surface area contributed by atoms with E-state index in [1.54, 1.807) is 42.7 Å². The summed E-state index contributed by atoms with van der Waals surface area (Å²) in [6.07, 6.45) is 6.37. The van der Waals surface area contributed by atoms with E-state index >= 15 is 0 Å². The molecule has 2 heterocycles. The van der Waals surface area contributed by atoms with Gasteiger partial charge in [0, 0.05) is 17.4 Å². The molecule has 0 fully saturated rings. The molecule has 0 unspecified atom stereocenters. The normalized spacial score (nSPS) is 10.3. The third-order valence-electron chi connectivity index (χ3n) is 2.81. The van der Waals surface area contributed by atoms with Crippen LogP contribution in [0.4, 0.5) is 5.69 Å². The lowest BCUT2D eigenvalue weighted by Crippen LogP contribution is -2.20. The van der Waals surface area contributed by atoms with Crippen LogP contribution in [0.25, 0.3) is 5.95 Å². The first-order chi connectivity index (χ1) is 11.2. The Kier molecular flexibility index (Phi) is 4.49. The third-order valence-corrected chi connectivity index (χ3v) is 3.07. The lowest BCUT2D eigenvalue weighted by atomic mass is 10.3. The Morgan fingerprint density at radius 2 is 1.96 bits per heavy atom. The fraction of sp³-hybridized carbons (Fsp3) is 0.0667. The van der Waals surface area contributed by atoms with Crippen LogP contribution >= 0.6 is 11.6 Å². The topological polar surface area (TPSA) is 81.9 Å². The van der Waals surface area contributed by atoms with Gasteiger partial charge in [0.25, 0.3) is 11.9 Å². The number of hydrogen-bond donors (Lipinski definition) is 1. The van der Waals surface area contributed by atoms with Crippen molar-refractivity contribution < 1.29 is 9.53 Å². The highest BCUT2D eigenvalue weighted by atomic mass is 35.5. The molecule has 0 saturated carbocycles. The molecule has 7 nitrogen and oxygen atoms in total. The molecule has 116 valence electrons. The number of aromatic nitrogens is 4. The summed E-state index contributed by atoms with van der Waals surface area (Å²) in [6, 6.07) is 8.54. The number of benzene rings is 1. The van der Waals surface area contributed by atoms with Gasteiger partial charge in [0.05, 0.1) is 18.1 Å². The highest BCUT2D eigenvalue weighted by Crippen LogP contribution is 2.15. The average Bonchev–Trinajstić information content (AvgIpc) is 3.09. The van der Waals surface area contributed by atoms with Gasteiger partial charge in [-0.15, -0.1) is 0 Å². The standard InChI is InChI=1S/C15H12ClN5O2/c16-11-2-4-13(5-3-11)23-10-14(22)20-12-8-17-15(18-9-12)21-7-1-6-19-21/h1-9H,10H2,(H,20,22). The molecule has 1 amide bonds. The number of carbonyl (C=O) groups is 1. The van der Waals surface area contributed by atoms with Crippen LogP contribution in [0, 0.1) is 0 Å². The molecule has 0 aliphatic carbocycles. The largest absolute Gasteiger partial charge is 0.484 e. The predicted molar refractivity (Wildman–Crippen MR) is 84.7 cm³/mol. The molecule has 1 N–H and O–H groups in total. The second-order valence-corrected chi connectivity index (χ2v) is 4.95. The van der Waals surface area contributed by atoms with Crippen LogP contribution in [0.2, 0.25) is 5.02 Å². The van der Waals surface area contributed by atoms with Crippen molar-refractivity contribution in [3.8, 4) is 11.7 Å². The lowest BCUT2D eigenvalue weighted by molar-refractivity contribution is -0.118. The van der Waals surface area contributed by atoms with Gasteiger partial charge in [-0.25, -0.2) is 14.6 Å². The van der Waals surface area contributed by atoms with Crippen LogP contribution < -0.4 is 10.1 Å². The van der Waals surface area contributed by atoms with Gasteiger partial charge in [0.15, 0.2) is 6.61 Å². The monoisotopic (exact) mass is 329 g/mol. The number of ether oxygens (including phenoxy) is 1. The van der Waals surface area contributed by atoms with E-state index in [-0.39, 0.29) is 12.5 Å². The van der Waals surface area contributed by atoms with Crippen molar-refractivity contribution in [2.24, 2.45) is 0 Å². The maximum Gasteiger partial charge on any atom is 0.262 e. The Bertz CT molecular complexity index is 773. The molecule has 23 heavy (non-hydrogen) atoms. The van der Waals surface area contributed by atoms with Gasteiger partial charge in [-0.3, -0.25) is 4.79 Å². The summed E-state index contributed by atoms with van der Waals surface area (Å²) in [5.74, 6) is 0.677. The van der Waals surface area contributed by atoms with E-state index in [1.165, 1.54) is 17.1 Å². The molecule has 0 radical (unpaired) electrons. The molecule has 0 spiro atoms. The highest BCUT2D eigenvalue weighted by Gasteiger charge is 2.06. The highest BCUT2D eigenvalue weighted by molar-refractivity contribution is 6.30. The van der Waals surface area contributed by atoms with Gasteiger partial charge in [-0.1, -0.05) is 11.6 Å². The summed E-state index contributed by atoms with van der Waals surface area (Å²) in [6.45, 7) is -0.122. The van der Waals surface area contributed by atoms with Crippen LogP contribution in [0.1, 0.15) is 0 Å². The maximum atomic E-state index is 11.8. The molecule has 0 aliphatic heterocycles. The maximum absolute atomic E-state index is 11.8. The molecule has 2 aromatic heterocycles. The van der Waals surface area contributed by atoms with Crippen molar-refractivity contribution in [2.75, 3.05) is 11.9 Å². The number of anilines is 1. The smallest absolute Gasteiger partial charge is 0.262 e. The number of nitrogens with one attached hydrogen (secondary N) is 1. The van der Waals surface area contributed by atoms with Gasteiger partial charge in [-0.2, -0.15) is 5.10 Å². The molecular formula is C15H12ClN5O2. The quantitative estimate of drug-likeness (QED) is 0.777. The zero-order chi connectivity index (χ0) is 16.1. The minimum absolute atomic E-state index is 0.122. The van der Waals surface area contributed by atoms with Crippen LogP contribution in [-0.2, 0) is 4.79 Å². The first-order valence-electron chi connectivity index (χ1n) is 6.71. The van der Waals surface area contributed by atoms with E-state index in [1.807, 2.05) is 0 Å². The molecule has 3 aromatic rings. The van der Waals surface area contributed by atoms with E-state index in [0.29, 0.717) is 22.4 Å². The Morgan fingerprint density at radius 1 is 1.22 bits per heavy atom. The SMILES string of the molecule is O=C(COc1ccc(Cl)cc1)Nc1cnc(-n2cccn2)nc1. The van der Waals surface area contributed by atoms with Crippen LogP contribution in [0.3, 0.4) is 0 Å². The Balaban J connectivity index is 1.54. The van der Waals surface area contributed by atoms with E-state index < -0.39 is 0 Å². The van der Waals surface area contributed by atoms with Gasteiger partial charge in [-0.05, 0) is 30.3 Å². The minimum atomic E-state index is -0.310. The van der Waals surface area contributed by atoms with Crippen molar-refractivity contribution >= 4 is 23.2 Å². The van der Waals surface area contributed by atoms with Gasteiger partial charge < -0.3 is 10.1 Å². The van der Waals surface area contributed by atoms with Gasteiger partial charge >= 0.3 is 0 Å². The fourth-order valence-corrected chi connectivity index (χ4v) is 1.89. The number of hydrogen-bond acceptors (Lipinski definition) is 5. The average molecular weight is 330 g/mol. The summed E-state index contributed by atoms with van der Waals surface area (Å²) < 4.78 is 6.88. The van der Waals surface area contributed by atoms with Crippen LogP contribution in [0.5, 0.6) is 5.75 Å². The van der Waals surface area contributed by atoms with Gasteiger partial charge in [0.1, 0.15) is 5.75 Å². The zero-order valence-electron chi connectivity index (χ0n) is 11.9. The number of carbonyl (C=O) groups excluding carboxylic acids is 1. The number of halogens is 1. The Hall–Kier alpha value is -2.93. The second kappa shape index (κ2) is 6.89. The summed E-state index contributed by atoms with van der Waals surface area (Å²) >= 11 is 5.78. The predicted octanol–water partition coefficient (Wildman–Crippen LogP) is 2.33. The molecular weight excluding hydrogens is 318 g/mol. The first kappa shape index (κ1) is 15.0. The molecule has 0 bridgehead atoms. The summed E-state index contributed by atoms with van der Waals surface area (Å²) in [5.41, 5.74) is 0.477. The third kappa shape index (κ3) is 4.04. The lowest BCUT2D eigenvalue weighted by Gasteiger charge is -2.07. The fourth-order valence-electron chi connectivity index (χ4n) is 1.77. The molecule has 1 aromatic carbocycles. The first-order valence-corrected chi connectivity index (χ1v) is 7.09. The van der Waals surface area contributed by atoms with Crippen molar-refractivity contribution in [1.82, 2.24) is 19.7 Å².